The van der Waals surface area contributed by atoms with Gasteiger partial charge in [0.25, 0.3) is 0 Å². The summed E-state index contributed by atoms with van der Waals surface area (Å²) in [5.74, 6) is 1.89. The van der Waals surface area contributed by atoms with Crippen molar-refractivity contribution in [2.45, 2.75) is 6.42 Å². The zero-order valence-corrected chi connectivity index (χ0v) is 17.9. The van der Waals surface area contributed by atoms with Crippen LogP contribution in [0.3, 0.4) is 0 Å². The van der Waals surface area contributed by atoms with Crippen LogP contribution < -0.4 is 15.2 Å². The number of aromatic nitrogens is 1. The summed E-state index contributed by atoms with van der Waals surface area (Å²) in [5, 5.41) is 1.28. The fraction of sp³-hybridized carbons (Fsp3) is 0.167. The number of benzene rings is 2. The number of hydrogen-bond acceptors (Lipinski definition) is 5. The van der Waals surface area contributed by atoms with Gasteiger partial charge in [-0.15, -0.1) is 0 Å². The first-order valence-electron chi connectivity index (χ1n) is 9.80. The number of carbonyl (C=O) groups is 1. The van der Waals surface area contributed by atoms with Crippen molar-refractivity contribution in [1.82, 2.24) is 9.88 Å². The lowest BCUT2D eigenvalue weighted by molar-refractivity contribution is -0.125. The van der Waals surface area contributed by atoms with Crippen LogP contribution in [0.15, 0.2) is 61.3 Å². The third-order valence-electron chi connectivity index (χ3n) is 5.26. The van der Waals surface area contributed by atoms with E-state index in [1.54, 1.807) is 36.4 Å². The predicted octanol–water partition coefficient (Wildman–Crippen LogP) is 5.07. The maximum absolute atomic E-state index is 11.9. The minimum absolute atomic E-state index is 0.0668. The minimum Gasteiger partial charge on any atom is -0.496 e. The summed E-state index contributed by atoms with van der Waals surface area (Å²) in [6.07, 6.45) is 5.79. The summed E-state index contributed by atoms with van der Waals surface area (Å²) in [6.45, 7) is 4.71. The lowest BCUT2D eigenvalue weighted by Gasteiger charge is -2.26. The topological polar surface area (TPSA) is 77.7 Å². The van der Waals surface area contributed by atoms with E-state index in [9.17, 15) is 4.79 Å². The quantitative estimate of drug-likeness (QED) is 0.447. The number of methoxy groups -OCH3 is 1. The Hall–Kier alpha value is -3.51. The van der Waals surface area contributed by atoms with Gasteiger partial charge in [-0.25, -0.2) is 0 Å². The van der Waals surface area contributed by atoms with E-state index < -0.39 is 0 Å². The monoisotopic (exact) mass is 435 g/mol. The SMILES string of the molecule is C=CC(=O)N1CC=C(c2cc3c(Oc4ccc(N)c(Cl)c4)ccnc3cc2OC)CC1. The van der Waals surface area contributed by atoms with Crippen LogP contribution in [0.1, 0.15) is 12.0 Å². The van der Waals surface area contributed by atoms with Gasteiger partial charge < -0.3 is 20.1 Å². The Bertz CT molecular complexity index is 1210. The van der Waals surface area contributed by atoms with E-state index in [0.29, 0.717) is 41.7 Å². The molecule has 1 amide bonds. The van der Waals surface area contributed by atoms with Crippen LogP contribution in [0.4, 0.5) is 5.69 Å². The van der Waals surface area contributed by atoms with Gasteiger partial charge in [0.1, 0.15) is 17.2 Å². The summed E-state index contributed by atoms with van der Waals surface area (Å²) < 4.78 is 11.7. The predicted molar refractivity (Wildman–Crippen MR) is 124 cm³/mol. The van der Waals surface area contributed by atoms with E-state index in [1.165, 1.54) is 6.08 Å². The molecule has 4 rings (SSSR count). The van der Waals surface area contributed by atoms with Gasteiger partial charge in [-0.3, -0.25) is 9.78 Å². The second-order valence-corrected chi connectivity index (χ2v) is 7.54. The van der Waals surface area contributed by atoms with Crippen molar-refractivity contribution in [1.29, 1.82) is 0 Å². The zero-order chi connectivity index (χ0) is 22.0. The average Bonchev–Trinajstić information content (AvgIpc) is 2.80. The highest BCUT2D eigenvalue weighted by molar-refractivity contribution is 6.33. The molecule has 0 fully saturated rings. The highest BCUT2D eigenvalue weighted by Crippen LogP contribution is 2.38. The molecule has 2 N–H and O–H groups in total. The van der Waals surface area contributed by atoms with E-state index >= 15 is 0 Å². The van der Waals surface area contributed by atoms with Gasteiger partial charge in [0.15, 0.2) is 0 Å². The van der Waals surface area contributed by atoms with Gasteiger partial charge in [-0.1, -0.05) is 24.3 Å². The van der Waals surface area contributed by atoms with Gasteiger partial charge in [-0.05, 0) is 42.3 Å². The smallest absolute Gasteiger partial charge is 0.246 e. The molecular weight excluding hydrogens is 414 g/mol. The summed E-state index contributed by atoms with van der Waals surface area (Å²) in [7, 11) is 1.64. The number of halogens is 1. The Morgan fingerprint density at radius 3 is 2.77 bits per heavy atom. The Morgan fingerprint density at radius 1 is 1.26 bits per heavy atom. The van der Waals surface area contributed by atoms with Crippen LogP contribution in [0.2, 0.25) is 5.02 Å². The van der Waals surface area contributed by atoms with Crippen molar-refractivity contribution >= 4 is 39.7 Å². The Balaban J connectivity index is 1.74. The molecular formula is C24H22ClN3O3. The standard InChI is InChI=1S/C24H22ClN3O3/c1-3-24(29)28-10-7-15(8-11-28)17-13-18-21(14-23(17)30-2)27-9-6-22(18)31-16-4-5-20(26)19(25)12-16/h3-7,9,12-14H,1,8,10-11,26H2,2H3. The van der Waals surface area contributed by atoms with Gasteiger partial charge in [-0.2, -0.15) is 0 Å². The molecule has 6 nitrogen and oxygen atoms in total. The molecule has 158 valence electrons. The van der Waals surface area contributed by atoms with Crippen LogP contribution in [0.25, 0.3) is 16.5 Å². The Morgan fingerprint density at radius 2 is 2.10 bits per heavy atom. The van der Waals surface area contributed by atoms with Crippen LogP contribution in [0.5, 0.6) is 17.2 Å². The summed E-state index contributed by atoms with van der Waals surface area (Å²) >= 11 is 6.13. The first-order valence-corrected chi connectivity index (χ1v) is 10.2. The van der Waals surface area contributed by atoms with Crippen molar-refractivity contribution in [3.8, 4) is 17.2 Å². The van der Waals surface area contributed by atoms with E-state index in [1.807, 2.05) is 24.3 Å². The number of nitrogens with zero attached hydrogens (tertiary/aromatic N) is 2. The van der Waals surface area contributed by atoms with Crippen molar-refractivity contribution in [2.75, 3.05) is 25.9 Å². The second kappa shape index (κ2) is 8.70. The number of rotatable bonds is 5. The Kier molecular flexibility index (Phi) is 5.82. The molecule has 7 heteroatoms. The molecule has 31 heavy (non-hydrogen) atoms. The van der Waals surface area contributed by atoms with Gasteiger partial charge in [0, 0.05) is 42.4 Å². The number of anilines is 1. The molecule has 2 heterocycles. The van der Waals surface area contributed by atoms with Crippen molar-refractivity contribution in [3.63, 3.8) is 0 Å². The third-order valence-corrected chi connectivity index (χ3v) is 5.59. The molecule has 1 aromatic heterocycles. The number of fused-ring (bicyclic) bond motifs is 1. The molecule has 0 spiro atoms. The molecule has 0 unspecified atom stereocenters. The number of nitrogen functional groups attached to an aromatic ring is 1. The zero-order valence-electron chi connectivity index (χ0n) is 17.1. The molecule has 3 aromatic rings. The maximum Gasteiger partial charge on any atom is 0.246 e. The number of pyridine rings is 1. The van der Waals surface area contributed by atoms with Crippen molar-refractivity contribution in [2.24, 2.45) is 0 Å². The fourth-order valence-electron chi connectivity index (χ4n) is 3.60. The highest BCUT2D eigenvalue weighted by atomic mass is 35.5. The first-order chi connectivity index (χ1) is 15.0. The number of nitrogens with two attached hydrogens (primary N) is 1. The molecule has 0 atom stereocenters. The lowest BCUT2D eigenvalue weighted by atomic mass is 9.96. The minimum atomic E-state index is -0.0668. The number of ether oxygens (including phenoxy) is 2. The fourth-order valence-corrected chi connectivity index (χ4v) is 3.77. The molecule has 0 bridgehead atoms. The lowest BCUT2D eigenvalue weighted by Crippen LogP contribution is -2.33. The number of amides is 1. The average molecular weight is 436 g/mol. The van der Waals surface area contributed by atoms with Crippen LogP contribution in [-0.2, 0) is 4.79 Å². The van der Waals surface area contributed by atoms with Gasteiger partial charge in [0.2, 0.25) is 5.91 Å². The summed E-state index contributed by atoms with van der Waals surface area (Å²) in [5.41, 5.74) is 9.10. The normalized spacial score (nSPS) is 13.6. The molecule has 0 radical (unpaired) electrons. The van der Waals surface area contributed by atoms with E-state index in [4.69, 9.17) is 26.8 Å². The summed E-state index contributed by atoms with van der Waals surface area (Å²) in [4.78, 5) is 18.1. The molecule has 0 saturated carbocycles. The van der Waals surface area contributed by atoms with Crippen LogP contribution in [-0.4, -0.2) is 36.0 Å². The van der Waals surface area contributed by atoms with Crippen molar-refractivity contribution in [3.05, 3.63) is 71.9 Å². The van der Waals surface area contributed by atoms with Crippen molar-refractivity contribution < 1.29 is 14.3 Å². The molecule has 2 aromatic carbocycles. The molecule has 1 aliphatic heterocycles. The highest BCUT2D eigenvalue weighted by Gasteiger charge is 2.19. The van der Waals surface area contributed by atoms with Crippen LogP contribution in [0, 0.1) is 0 Å². The van der Waals surface area contributed by atoms with Crippen LogP contribution >= 0.6 is 11.6 Å². The number of carbonyl (C=O) groups excluding carboxylic acids is 1. The Labute approximate surface area is 185 Å². The third kappa shape index (κ3) is 4.20. The second-order valence-electron chi connectivity index (χ2n) is 7.13. The van der Waals surface area contributed by atoms with E-state index in [2.05, 4.69) is 11.6 Å². The van der Waals surface area contributed by atoms with E-state index in [-0.39, 0.29) is 5.91 Å². The molecule has 0 saturated heterocycles. The van der Waals surface area contributed by atoms with E-state index in [0.717, 1.165) is 27.8 Å². The first kappa shape index (κ1) is 20.8. The summed E-state index contributed by atoms with van der Waals surface area (Å²) in [6, 6.07) is 10.9. The maximum atomic E-state index is 11.9. The van der Waals surface area contributed by atoms with Gasteiger partial charge in [0.05, 0.1) is 23.3 Å². The molecule has 1 aliphatic rings. The molecule has 0 aliphatic carbocycles. The largest absolute Gasteiger partial charge is 0.496 e. The number of hydrogen-bond donors (Lipinski definition) is 1. The van der Waals surface area contributed by atoms with Gasteiger partial charge >= 0.3 is 0 Å².